The van der Waals surface area contributed by atoms with Crippen LogP contribution in [0, 0.1) is 0 Å². The summed E-state index contributed by atoms with van der Waals surface area (Å²) >= 11 is 0. The van der Waals surface area contributed by atoms with Gasteiger partial charge >= 0.3 is 6.03 Å². The van der Waals surface area contributed by atoms with Crippen molar-refractivity contribution in [2.45, 2.75) is 18.9 Å². The molecule has 1 aromatic rings. The molecule has 1 heterocycles. The molecule has 1 atom stereocenters. The molecular formula is C18H29N4O4+. The molecule has 3 N–H and O–H groups in total. The number of nitrogens with one attached hydrogen (secondary N) is 3. The molecule has 1 aromatic carbocycles. The molecule has 1 saturated heterocycles. The Morgan fingerprint density at radius 3 is 2.65 bits per heavy atom. The van der Waals surface area contributed by atoms with E-state index in [-0.39, 0.29) is 24.4 Å². The Bertz CT molecular complexity index is 636. The van der Waals surface area contributed by atoms with E-state index in [0.717, 1.165) is 18.7 Å². The van der Waals surface area contributed by atoms with Crippen molar-refractivity contribution in [1.82, 2.24) is 10.6 Å². The van der Waals surface area contributed by atoms with Gasteiger partial charge in [-0.3, -0.25) is 4.79 Å². The summed E-state index contributed by atoms with van der Waals surface area (Å²) in [6.07, 6.45) is 1.20. The summed E-state index contributed by atoms with van der Waals surface area (Å²) in [5.41, 5.74) is 0.728. The lowest BCUT2D eigenvalue weighted by Gasteiger charge is -2.19. The zero-order valence-electron chi connectivity index (χ0n) is 15.9. The van der Waals surface area contributed by atoms with Crippen molar-refractivity contribution in [3.05, 3.63) is 18.2 Å². The Morgan fingerprint density at radius 2 is 2.00 bits per heavy atom. The lowest BCUT2D eigenvalue weighted by Crippen LogP contribution is -3.05. The molecule has 0 bridgehead atoms. The van der Waals surface area contributed by atoms with Crippen molar-refractivity contribution >= 4 is 17.6 Å². The van der Waals surface area contributed by atoms with Gasteiger partial charge in [-0.05, 0) is 12.1 Å². The number of amides is 3. The number of ether oxygens (including phenoxy) is 2. The molecule has 0 aliphatic carbocycles. The zero-order valence-corrected chi connectivity index (χ0v) is 15.9. The van der Waals surface area contributed by atoms with E-state index >= 15 is 0 Å². The summed E-state index contributed by atoms with van der Waals surface area (Å²) in [5, 5.41) is 5.71. The minimum absolute atomic E-state index is 0.0290. The first kappa shape index (κ1) is 19.8. The molecule has 144 valence electrons. The van der Waals surface area contributed by atoms with E-state index in [1.807, 2.05) is 6.07 Å². The molecule has 8 heteroatoms. The van der Waals surface area contributed by atoms with Gasteiger partial charge in [-0.1, -0.05) is 0 Å². The first-order valence-corrected chi connectivity index (χ1v) is 8.80. The van der Waals surface area contributed by atoms with Crippen molar-refractivity contribution in [3.63, 3.8) is 0 Å². The summed E-state index contributed by atoms with van der Waals surface area (Å²) in [6, 6.07) is 4.90. The zero-order chi connectivity index (χ0) is 19.1. The van der Waals surface area contributed by atoms with Crippen LogP contribution in [0.5, 0.6) is 11.5 Å². The van der Waals surface area contributed by atoms with Crippen LogP contribution in [-0.2, 0) is 4.79 Å². The number of anilines is 1. The second kappa shape index (κ2) is 9.28. The minimum Gasteiger partial charge on any atom is -0.493 e. The van der Waals surface area contributed by atoms with Crippen LogP contribution in [0.4, 0.5) is 10.5 Å². The molecule has 1 fully saturated rings. The van der Waals surface area contributed by atoms with E-state index in [0.29, 0.717) is 24.6 Å². The van der Waals surface area contributed by atoms with Gasteiger partial charge in [0, 0.05) is 37.7 Å². The van der Waals surface area contributed by atoms with Crippen molar-refractivity contribution in [3.8, 4) is 11.5 Å². The number of carbonyl (C=O) groups excluding carboxylic acids is 2. The third kappa shape index (κ3) is 5.26. The number of methoxy groups -OCH3 is 2. The van der Waals surface area contributed by atoms with Crippen molar-refractivity contribution < 1.29 is 24.0 Å². The van der Waals surface area contributed by atoms with E-state index in [4.69, 9.17) is 9.47 Å². The maximum absolute atomic E-state index is 12.3. The minimum atomic E-state index is -0.231. The SMILES string of the molecule is COc1ccc(N2C[C@H](NC(=O)NCCC[NH+](C)C)CC2=O)cc1OC. The molecule has 1 aliphatic rings. The average Bonchev–Trinajstić information content (AvgIpc) is 2.98. The van der Waals surface area contributed by atoms with Crippen molar-refractivity contribution in [2.75, 3.05) is 52.8 Å². The van der Waals surface area contributed by atoms with E-state index in [1.54, 1.807) is 31.3 Å². The third-order valence-corrected chi connectivity index (χ3v) is 4.28. The molecule has 2 rings (SSSR count). The maximum Gasteiger partial charge on any atom is 0.315 e. The molecule has 0 spiro atoms. The molecule has 0 saturated carbocycles. The number of hydrogen-bond acceptors (Lipinski definition) is 4. The highest BCUT2D eigenvalue weighted by Gasteiger charge is 2.32. The number of carbonyl (C=O) groups is 2. The van der Waals surface area contributed by atoms with Gasteiger partial charge in [0.2, 0.25) is 5.91 Å². The fraction of sp³-hybridized carbons (Fsp3) is 0.556. The smallest absolute Gasteiger partial charge is 0.315 e. The van der Waals surface area contributed by atoms with E-state index < -0.39 is 0 Å². The van der Waals surface area contributed by atoms with Crippen LogP contribution in [0.2, 0.25) is 0 Å². The Morgan fingerprint density at radius 1 is 1.27 bits per heavy atom. The summed E-state index contributed by atoms with van der Waals surface area (Å²) < 4.78 is 10.5. The summed E-state index contributed by atoms with van der Waals surface area (Å²) in [5.74, 6) is 1.14. The quantitative estimate of drug-likeness (QED) is 0.550. The molecule has 0 radical (unpaired) electrons. The van der Waals surface area contributed by atoms with Gasteiger partial charge in [-0.25, -0.2) is 4.79 Å². The number of nitrogens with zero attached hydrogens (tertiary/aromatic N) is 1. The summed E-state index contributed by atoms with van der Waals surface area (Å²) in [6.45, 7) is 2.05. The summed E-state index contributed by atoms with van der Waals surface area (Å²) in [4.78, 5) is 27.3. The van der Waals surface area contributed by atoms with Gasteiger partial charge in [-0.15, -0.1) is 0 Å². The van der Waals surface area contributed by atoms with E-state index in [9.17, 15) is 9.59 Å². The highest BCUT2D eigenvalue weighted by molar-refractivity contribution is 5.97. The van der Waals surface area contributed by atoms with Gasteiger partial charge in [-0.2, -0.15) is 0 Å². The van der Waals surface area contributed by atoms with Crippen LogP contribution in [0.3, 0.4) is 0 Å². The van der Waals surface area contributed by atoms with Crippen molar-refractivity contribution in [1.29, 1.82) is 0 Å². The molecule has 8 nitrogen and oxygen atoms in total. The fourth-order valence-electron chi connectivity index (χ4n) is 2.93. The molecular weight excluding hydrogens is 336 g/mol. The lowest BCUT2D eigenvalue weighted by molar-refractivity contribution is -0.858. The largest absolute Gasteiger partial charge is 0.493 e. The molecule has 1 aliphatic heterocycles. The first-order chi connectivity index (χ1) is 12.4. The predicted octanol–water partition coefficient (Wildman–Crippen LogP) is -0.357. The topological polar surface area (TPSA) is 84.3 Å². The van der Waals surface area contributed by atoms with Gasteiger partial charge in [0.05, 0.1) is 40.9 Å². The first-order valence-electron chi connectivity index (χ1n) is 8.80. The van der Waals surface area contributed by atoms with Crippen molar-refractivity contribution in [2.24, 2.45) is 0 Å². The summed E-state index contributed by atoms with van der Waals surface area (Å²) in [7, 11) is 7.27. The van der Waals surface area contributed by atoms with Gasteiger partial charge in [0.1, 0.15) is 0 Å². The van der Waals surface area contributed by atoms with Crippen LogP contribution in [-0.4, -0.2) is 65.9 Å². The van der Waals surface area contributed by atoms with Crippen LogP contribution in [0.15, 0.2) is 18.2 Å². The van der Waals surface area contributed by atoms with Gasteiger partial charge in [0.15, 0.2) is 11.5 Å². The Balaban J connectivity index is 1.89. The standard InChI is InChI=1S/C18H28N4O4/c1-21(2)9-5-8-19-18(24)20-13-10-17(23)22(12-13)14-6-7-15(25-3)16(11-14)26-4/h6-7,11,13H,5,8-10,12H2,1-4H3,(H2,19,20,24)/p+1/t13-/m1/s1. The lowest BCUT2D eigenvalue weighted by atomic mass is 10.2. The number of hydrogen-bond donors (Lipinski definition) is 3. The van der Waals surface area contributed by atoms with Gasteiger partial charge in [0.25, 0.3) is 0 Å². The highest BCUT2D eigenvalue weighted by Crippen LogP contribution is 2.33. The Labute approximate surface area is 154 Å². The Hall–Kier alpha value is -2.48. The van der Waals surface area contributed by atoms with E-state index in [1.165, 1.54) is 4.90 Å². The fourth-order valence-corrected chi connectivity index (χ4v) is 2.93. The van der Waals surface area contributed by atoms with Crippen LogP contribution in [0.25, 0.3) is 0 Å². The second-order valence-electron chi connectivity index (χ2n) is 6.66. The normalized spacial score (nSPS) is 16.7. The third-order valence-electron chi connectivity index (χ3n) is 4.28. The molecule has 3 amide bonds. The molecule has 0 aromatic heterocycles. The average molecular weight is 365 g/mol. The monoisotopic (exact) mass is 365 g/mol. The maximum atomic E-state index is 12.3. The van der Waals surface area contributed by atoms with Crippen LogP contribution >= 0.6 is 0 Å². The predicted molar refractivity (Wildman–Crippen MR) is 99.1 cm³/mol. The Kier molecular flexibility index (Phi) is 7.08. The number of quaternary nitrogens is 1. The number of benzene rings is 1. The molecule has 0 unspecified atom stereocenters. The second-order valence-corrected chi connectivity index (χ2v) is 6.66. The highest BCUT2D eigenvalue weighted by atomic mass is 16.5. The molecule has 26 heavy (non-hydrogen) atoms. The van der Waals surface area contributed by atoms with Gasteiger partial charge < -0.3 is 29.9 Å². The number of rotatable bonds is 8. The number of urea groups is 1. The van der Waals surface area contributed by atoms with Crippen LogP contribution in [0.1, 0.15) is 12.8 Å². The van der Waals surface area contributed by atoms with Crippen LogP contribution < -0.4 is 29.9 Å². The van der Waals surface area contributed by atoms with E-state index in [2.05, 4.69) is 24.7 Å².